The Morgan fingerprint density at radius 1 is 1.48 bits per heavy atom. The lowest BCUT2D eigenvalue weighted by Gasteiger charge is -2.13. The van der Waals surface area contributed by atoms with Crippen LogP contribution in [0.4, 0.5) is 0 Å². The summed E-state index contributed by atoms with van der Waals surface area (Å²) in [5, 5.41) is 9.58. The van der Waals surface area contributed by atoms with Crippen LogP contribution >= 0.6 is 0 Å². The van der Waals surface area contributed by atoms with E-state index in [0.29, 0.717) is 24.3 Å². The number of aromatic nitrogens is 1. The van der Waals surface area contributed by atoms with Gasteiger partial charge in [0.05, 0.1) is 17.5 Å². The molecule has 1 aromatic heterocycles. The SMILES string of the molecule is C=C(C)Cn1cc(C(=O)O)c(=O)c2cc3c(cc21)CCO3. The summed E-state index contributed by atoms with van der Waals surface area (Å²) >= 11 is 0. The molecule has 2 aromatic rings. The molecule has 0 atom stereocenters. The number of fused-ring (bicyclic) bond motifs is 2. The first kappa shape index (κ1) is 13.4. The second-order valence-corrected chi connectivity index (χ2v) is 5.34. The van der Waals surface area contributed by atoms with E-state index in [1.807, 2.05) is 13.0 Å². The predicted octanol–water partition coefficient (Wildman–Crippen LogP) is 2.21. The molecule has 0 saturated heterocycles. The van der Waals surface area contributed by atoms with Crippen molar-refractivity contribution in [1.82, 2.24) is 4.57 Å². The van der Waals surface area contributed by atoms with Crippen LogP contribution in [-0.4, -0.2) is 22.2 Å². The van der Waals surface area contributed by atoms with Crippen LogP contribution in [0.25, 0.3) is 10.9 Å². The average molecular weight is 285 g/mol. The number of benzene rings is 1. The summed E-state index contributed by atoms with van der Waals surface area (Å²) in [6.45, 7) is 6.78. The fourth-order valence-corrected chi connectivity index (χ4v) is 2.63. The molecule has 0 spiro atoms. The van der Waals surface area contributed by atoms with Gasteiger partial charge in [-0.15, -0.1) is 0 Å². The first-order chi connectivity index (χ1) is 9.97. The molecule has 0 unspecified atom stereocenters. The van der Waals surface area contributed by atoms with Crippen molar-refractivity contribution in [1.29, 1.82) is 0 Å². The molecule has 1 N–H and O–H groups in total. The zero-order chi connectivity index (χ0) is 15.1. The van der Waals surface area contributed by atoms with Crippen LogP contribution in [0.3, 0.4) is 0 Å². The Morgan fingerprint density at radius 3 is 2.90 bits per heavy atom. The van der Waals surface area contributed by atoms with Gasteiger partial charge in [0.2, 0.25) is 5.43 Å². The summed E-state index contributed by atoms with van der Waals surface area (Å²) in [5.74, 6) is -0.553. The third-order valence-electron chi connectivity index (χ3n) is 3.56. The maximum atomic E-state index is 12.3. The molecule has 0 radical (unpaired) electrons. The molecular formula is C16H15NO4. The van der Waals surface area contributed by atoms with Gasteiger partial charge in [0.1, 0.15) is 11.3 Å². The van der Waals surface area contributed by atoms with Gasteiger partial charge in [0.25, 0.3) is 0 Å². The van der Waals surface area contributed by atoms with E-state index in [-0.39, 0.29) is 5.56 Å². The van der Waals surface area contributed by atoms with Crippen LogP contribution in [0.2, 0.25) is 0 Å². The molecule has 21 heavy (non-hydrogen) atoms. The first-order valence-electron chi connectivity index (χ1n) is 6.68. The first-order valence-corrected chi connectivity index (χ1v) is 6.68. The number of rotatable bonds is 3. The predicted molar refractivity (Wildman–Crippen MR) is 79.2 cm³/mol. The number of nitrogens with zero attached hydrogens (tertiary/aromatic N) is 1. The Balaban J connectivity index is 2.38. The van der Waals surface area contributed by atoms with E-state index in [9.17, 15) is 14.7 Å². The monoisotopic (exact) mass is 285 g/mol. The number of hydrogen-bond acceptors (Lipinski definition) is 3. The molecule has 2 heterocycles. The minimum absolute atomic E-state index is 0.235. The van der Waals surface area contributed by atoms with Crippen molar-refractivity contribution < 1.29 is 14.6 Å². The molecule has 0 fully saturated rings. The van der Waals surface area contributed by atoms with Crippen LogP contribution in [0.1, 0.15) is 22.8 Å². The molecular weight excluding hydrogens is 270 g/mol. The minimum atomic E-state index is -1.22. The molecule has 5 heteroatoms. The van der Waals surface area contributed by atoms with E-state index in [4.69, 9.17) is 4.74 Å². The highest BCUT2D eigenvalue weighted by Crippen LogP contribution is 2.29. The van der Waals surface area contributed by atoms with Crippen LogP contribution in [0.15, 0.2) is 35.3 Å². The molecule has 1 aliphatic heterocycles. The number of pyridine rings is 1. The summed E-state index contributed by atoms with van der Waals surface area (Å²) in [7, 11) is 0. The van der Waals surface area contributed by atoms with Crippen molar-refractivity contribution in [3.05, 3.63) is 51.8 Å². The van der Waals surface area contributed by atoms with Crippen LogP contribution < -0.4 is 10.2 Å². The number of carboxylic acids is 1. The van der Waals surface area contributed by atoms with Gasteiger partial charge in [-0.05, 0) is 24.6 Å². The number of hydrogen-bond donors (Lipinski definition) is 1. The zero-order valence-electron chi connectivity index (χ0n) is 11.7. The smallest absolute Gasteiger partial charge is 0.341 e. The Labute approximate surface area is 121 Å². The number of allylic oxidation sites excluding steroid dienone is 1. The normalized spacial score (nSPS) is 13.0. The van der Waals surface area contributed by atoms with Crippen molar-refractivity contribution >= 4 is 16.9 Å². The van der Waals surface area contributed by atoms with E-state index in [2.05, 4.69) is 6.58 Å². The van der Waals surface area contributed by atoms with E-state index < -0.39 is 11.4 Å². The van der Waals surface area contributed by atoms with Crippen LogP contribution in [0, 0.1) is 0 Å². The molecule has 0 saturated carbocycles. The van der Waals surface area contributed by atoms with E-state index in [1.54, 1.807) is 10.6 Å². The lowest BCUT2D eigenvalue weighted by Crippen LogP contribution is -2.19. The maximum absolute atomic E-state index is 12.3. The van der Waals surface area contributed by atoms with Gasteiger partial charge in [-0.2, -0.15) is 0 Å². The zero-order valence-corrected chi connectivity index (χ0v) is 11.7. The van der Waals surface area contributed by atoms with E-state index in [1.165, 1.54) is 6.20 Å². The molecule has 1 aromatic carbocycles. The summed E-state index contributed by atoms with van der Waals surface area (Å²) in [6.07, 6.45) is 2.19. The molecule has 3 rings (SSSR count). The Morgan fingerprint density at radius 2 is 2.24 bits per heavy atom. The number of carbonyl (C=O) groups is 1. The molecule has 1 aliphatic rings. The van der Waals surface area contributed by atoms with Gasteiger partial charge in [-0.1, -0.05) is 12.2 Å². The van der Waals surface area contributed by atoms with E-state index >= 15 is 0 Å². The summed E-state index contributed by atoms with van der Waals surface area (Å²) in [5.41, 5.74) is 1.93. The van der Waals surface area contributed by atoms with Crippen LogP contribution in [-0.2, 0) is 13.0 Å². The van der Waals surface area contributed by atoms with E-state index in [0.717, 1.165) is 23.1 Å². The highest BCUT2D eigenvalue weighted by Gasteiger charge is 2.19. The Bertz CT molecular complexity index is 832. The van der Waals surface area contributed by atoms with Crippen molar-refractivity contribution in [3.8, 4) is 5.75 Å². The number of ether oxygens (including phenoxy) is 1. The summed E-state index contributed by atoms with van der Waals surface area (Å²) < 4.78 is 7.23. The van der Waals surface area contributed by atoms with Crippen LogP contribution in [0.5, 0.6) is 5.75 Å². The van der Waals surface area contributed by atoms with Gasteiger partial charge in [-0.3, -0.25) is 4.79 Å². The number of aromatic carboxylic acids is 1. The highest BCUT2D eigenvalue weighted by atomic mass is 16.5. The third kappa shape index (κ3) is 2.20. The van der Waals surface area contributed by atoms with Gasteiger partial charge < -0.3 is 14.4 Å². The van der Waals surface area contributed by atoms with Gasteiger partial charge >= 0.3 is 5.97 Å². The summed E-state index contributed by atoms with van der Waals surface area (Å²) in [4.78, 5) is 23.6. The van der Waals surface area contributed by atoms with Crippen molar-refractivity contribution in [3.63, 3.8) is 0 Å². The van der Waals surface area contributed by atoms with Crippen molar-refractivity contribution in [2.45, 2.75) is 19.9 Å². The largest absolute Gasteiger partial charge is 0.493 e. The van der Waals surface area contributed by atoms with Gasteiger partial charge in [0, 0.05) is 19.2 Å². The third-order valence-corrected chi connectivity index (χ3v) is 3.56. The average Bonchev–Trinajstić information content (AvgIpc) is 2.86. The second-order valence-electron chi connectivity index (χ2n) is 5.34. The fraction of sp³-hybridized carbons (Fsp3) is 0.250. The quantitative estimate of drug-likeness (QED) is 0.878. The Hall–Kier alpha value is -2.56. The van der Waals surface area contributed by atoms with Gasteiger partial charge in [-0.25, -0.2) is 4.79 Å². The molecule has 5 nitrogen and oxygen atoms in total. The topological polar surface area (TPSA) is 68.5 Å². The van der Waals surface area contributed by atoms with Gasteiger partial charge in [0.15, 0.2) is 0 Å². The molecule has 0 bridgehead atoms. The lowest BCUT2D eigenvalue weighted by atomic mass is 10.1. The lowest BCUT2D eigenvalue weighted by molar-refractivity contribution is 0.0695. The second kappa shape index (κ2) is 4.77. The molecule has 0 amide bonds. The standard InChI is InChI=1S/C16H15NO4/c1-9(2)7-17-8-12(16(19)20)15(18)11-6-14-10(3-4-21-14)5-13(11)17/h5-6,8H,1,3-4,7H2,2H3,(H,19,20). The van der Waals surface area contributed by atoms with Crippen molar-refractivity contribution in [2.75, 3.05) is 6.61 Å². The highest BCUT2D eigenvalue weighted by molar-refractivity contribution is 5.93. The van der Waals surface area contributed by atoms with Crippen molar-refractivity contribution in [2.24, 2.45) is 0 Å². The molecule has 0 aliphatic carbocycles. The minimum Gasteiger partial charge on any atom is -0.493 e. The fourth-order valence-electron chi connectivity index (χ4n) is 2.63. The summed E-state index contributed by atoms with van der Waals surface area (Å²) in [6, 6.07) is 3.56. The number of carboxylic acid groups (broad SMARTS) is 1. The molecule has 108 valence electrons. The Kier molecular flexibility index (Phi) is 3.05. The maximum Gasteiger partial charge on any atom is 0.341 e.